The molecule has 2 aromatic carbocycles. The van der Waals surface area contributed by atoms with E-state index in [9.17, 15) is 13.2 Å². The van der Waals surface area contributed by atoms with E-state index in [4.69, 9.17) is 16.3 Å². The van der Waals surface area contributed by atoms with E-state index in [0.29, 0.717) is 17.1 Å². The Balaban J connectivity index is 2.41. The highest BCUT2D eigenvalue weighted by atomic mass is 35.5. The summed E-state index contributed by atoms with van der Waals surface area (Å²) < 4.78 is 32.1. The fraction of sp³-hybridized carbons (Fsp3) is 0.480. The summed E-state index contributed by atoms with van der Waals surface area (Å²) in [4.78, 5) is 13.3. The fourth-order valence-corrected chi connectivity index (χ4v) is 5.36. The number of rotatable bonds is 9. The summed E-state index contributed by atoms with van der Waals surface area (Å²) in [5.41, 5.74) is 4.20. The molecule has 0 aliphatic heterocycles. The van der Waals surface area contributed by atoms with E-state index in [1.54, 1.807) is 32.2 Å². The molecule has 0 saturated carbocycles. The Kier molecular flexibility index (Phi) is 8.82. The van der Waals surface area contributed by atoms with Gasteiger partial charge in [-0.25, -0.2) is 8.42 Å². The van der Waals surface area contributed by atoms with Crippen LogP contribution in [0.2, 0.25) is 5.02 Å². The molecular weight excluding hydrogens is 460 g/mol. The molecular formula is C25H35ClN2O4S. The molecule has 2 atom stereocenters. The zero-order valence-electron chi connectivity index (χ0n) is 20.7. The molecule has 0 saturated heterocycles. The number of ether oxygens (including phenoxy) is 1. The Morgan fingerprint density at radius 2 is 1.73 bits per heavy atom. The predicted molar refractivity (Wildman–Crippen MR) is 136 cm³/mol. The number of amides is 1. The monoisotopic (exact) mass is 494 g/mol. The predicted octanol–water partition coefficient (Wildman–Crippen LogP) is 5.51. The number of benzene rings is 2. The molecule has 2 rings (SSSR count). The maximum atomic E-state index is 13.3. The molecule has 1 amide bonds. The molecule has 0 fully saturated rings. The van der Waals surface area contributed by atoms with Gasteiger partial charge in [0.2, 0.25) is 15.9 Å². The largest absolute Gasteiger partial charge is 0.496 e. The van der Waals surface area contributed by atoms with Crippen molar-refractivity contribution in [2.45, 2.75) is 66.0 Å². The molecule has 6 nitrogen and oxygen atoms in total. The van der Waals surface area contributed by atoms with Crippen molar-refractivity contribution in [1.29, 1.82) is 0 Å². The Morgan fingerprint density at radius 1 is 1.09 bits per heavy atom. The van der Waals surface area contributed by atoms with Crippen LogP contribution in [0.4, 0.5) is 5.69 Å². The van der Waals surface area contributed by atoms with E-state index in [-0.39, 0.29) is 17.9 Å². The lowest BCUT2D eigenvalue weighted by Crippen LogP contribution is -2.49. The van der Waals surface area contributed by atoms with Crippen molar-refractivity contribution in [2.75, 3.05) is 17.7 Å². The lowest BCUT2D eigenvalue weighted by atomic mass is 9.93. The number of methoxy groups -OCH3 is 1. The number of nitrogens with zero attached hydrogens (tertiary/aromatic N) is 1. The number of carbonyl (C=O) groups is 1. The number of aryl methyl sites for hydroxylation is 2. The minimum absolute atomic E-state index is 0.248. The van der Waals surface area contributed by atoms with Gasteiger partial charge in [0.05, 0.1) is 25.1 Å². The van der Waals surface area contributed by atoms with Crippen molar-refractivity contribution in [3.8, 4) is 5.75 Å². The summed E-state index contributed by atoms with van der Waals surface area (Å²) in [6, 6.07) is 7.80. The fourth-order valence-electron chi connectivity index (χ4n) is 3.98. The van der Waals surface area contributed by atoms with E-state index >= 15 is 0 Å². The normalized spacial score (nSPS) is 13.5. The van der Waals surface area contributed by atoms with E-state index in [1.165, 1.54) is 0 Å². The summed E-state index contributed by atoms with van der Waals surface area (Å²) >= 11 is 6.25. The van der Waals surface area contributed by atoms with Crippen LogP contribution in [0.25, 0.3) is 0 Å². The molecule has 33 heavy (non-hydrogen) atoms. The van der Waals surface area contributed by atoms with Crippen molar-refractivity contribution in [1.82, 2.24) is 5.32 Å². The third kappa shape index (κ3) is 6.21. The van der Waals surface area contributed by atoms with Gasteiger partial charge < -0.3 is 10.1 Å². The van der Waals surface area contributed by atoms with Crippen LogP contribution in [-0.2, 0) is 14.8 Å². The standard InChI is InChI=1S/C25H35ClN2O4S/c1-9-23(28(33(8,30)31)19-11-10-16(4)22(26)13-19)25(29)27-18(6)21-14-20(15(2)3)24(32-7)12-17(21)5/h10-15,18,23H,9H2,1-8H3,(H,27,29). The molecule has 182 valence electrons. The molecule has 0 heterocycles. The number of halogens is 1. The number of sulfonamides is 1. The van der Waals surface area contributed by atoms with Gasteiger partial charge in [0.25, 0.3) is 0 Å². The highest BCUT2D eigenvalue weighted by molar-refractivity contribution is 7.92. The quantitative estimate of drug-likeness (QED) is 0.498. The smallest absolute Gasteiger partial charge is 0.244 e. The van der Waals surface area contributed by atoms with Crippen LogP contribution >= 0.6 is 11.6 Å². The molecule has 2 aromatic rings. The number of hydrogen-bond donors (Lipinski definition) is 1. The minimum Gasteiger partial charge on any atom is -0.496 e. The molecule has 0 aliphatic carbocycles. The van der Waals surface area contributed by atoms with E-state index in [2.05, 4.69) is 25.2 Å². The van der Waals surface area contributed by atoms with E-state index in [0.717, 1.165) is 38.6 Å². The Hall–Kier alpha value is -2.25. The van der Waals surface area contributed by atoms with Gasteiger partial charge >= 0.3 is 0 Å². The van der Waals surface area contributed by atoms with E-state index < -0.39 is 16.1 Å². The van der Waals surface area contributed by atoms with Crippen LogP contribution in [0, 0.1) is 13.8 Å². The second-order valence-corrected chi connectivity index (χ2v) is 11.0. The Labute approximate surface area is 203 Å². The third-order valence-electron chi connectivity index (χ3n) is 5.81. The Bertz CT molecular complexity index is 1120. The van der Waals surface area contributed by atoms with Crippen LogP contribution in [0.3, 0.4) is 0 Å². The lowest BCUT2D eigenvalue weighted by Gasteiger charge is -2.31. The first-order chi connectivity index (χ1) is 15.3. The molecule has 0 aliphatic rings. The van der Waals surface area contributed by atoms with Crippen LogP contribution in [0.1, 0.15) is 68.3 Å². The van der Waals surface area contributed by atoms with Crippen molar-refractivity contribution < 1.29 is 17.9 Å². The topological polar surface area (TPSA) is 75.7 Å². The number of hydrogen-bond acceptors (Lipinski definition) is 4. The first-order valence-corrected chi connectivity index (χ1v) is 13.3. The second-order valence-electron chi connectivity index (χ2n) is 8.75. The molecule has 1 N–H and O–H groups in total. The van der Waals surface area contributed by atoms with Gasteiger partial charge in [0.15, 0.2) is 0 Å². The number of anilines is 1. The molecule has 0 bridgehead atoms. The maximum absolute atomic E-state index is 13.3. The maximum Gasteiger partial charge on any atom is 0.244 e. The highest BCUT2D eigenvalue weighted by Crippen LogP contribution is 2.33. The van der Waals surface area contributed by atoms with Gasteiger partial charge in [-0.2, -0.15) is 0 Å². The third-order valence-corrected chi connectivity index (χ3v) is 7.39. The highest BCUT2D eigenvalue weighted by Gasteiger charge is 2.32. The first-order valence-electron chi connectivity index (χ1n) is 11.1. The van der Waals surface area contributed by atoms with Crippen molar-refractivity contribution in [2.24, 2.45) is 0 Å². The van der Waals surface area contributed by atoms with Gasteiger partial charge in [0.1, 0.15) is 11.8 Å². The summed E-state index contributed by atoms with van der Waals surface area (Å²) in [7, 11) is -2.09. The average Bonchev–Trinajstić information content (AvgIpc) is 2.72. The van der Waals surface area contributed by atoms with Gasteiger partial charge in [0, 0.05) is 5.02 Å². The lowest BCUT2D eigenvalue weighted by molar-refractivity contribution is -0.122. The zero-order chi connectivity index (χ0) is 25.1. The summed E-state index contributed by atoms with van der Waals surface area (Å²) in [6.45, 7) is 11.7. The van der Waals surface area contributed by atoms with Gasteiger partial charge in [-0.1, -0.05) is 38.4 Å². The molecule has 8 heteroatoms. The number of carbonyl (C=O) groups excluding carboxylic acids is 1. The molecule has 2 unspecified atom stereocenters. The average molecular weight is 495 g/mol. The van der Waals surface area contributed by atoms with Crippen molar-refractivity contribution in [3.05, 3.63) is 57.6 Å². The summed E-state index contributed by atoms with van der Waals surface area (Å²) in [5, 5.41) is 3.47. The van der Waals surface area contributed by atoms with Crippen molar-refractivity contribution in [3.63, 3.8) is 0 Å². The van der Waals surface area contributed by atoms with Crippen molar-refractivity contribution >= 4 is 33.2 Å². The second kappa shape index (κ2) is 10.8. The summed E-state index contributed by atoms with van der Waals surface area (Å²) in [6.07, 6.45) is 1.40. The zero-order valence-corrected chi connectivity index (χ0v) is 22.3. The SMILES string of the molecule is CCC(C(=O)NC(C)c1cc(C(C)C)c(OC)cc1C)N(c1ccc(C)c(Cl)c1)S(C)(=O)=O. The van der Waals surface area contributed by atoms with Crippen LogP contribution < -0.4 is 14.4 Å². The molecule has 0 spiro atoms. The first kappa shape index (κ1) is 27.0. The number of nitrogens with one attached hydrogen (secondary N) is 1. The van der Waals surface area contributed by atoms with Crippen LogP contribution in [0.15, 0.2) is 30.3 Å². The van der Waals surface area contributed by atoms with Crippen LogP contribution in [0.5, 0.6) is 5.75 Å². The van der Waals surface area contributed by atoms with Gasteiger partial charge in [-0.15, -0.1) is 0 Å². The molecule has 0 aromatic heterocycles. The minimum atomic E-state index is -3.74. The van der Waals surface area contributed by atoms with Gasteiger partial charge in [-0.3, -0.25) is 9.10 Å². The summed E-state index contributed by atoms with van der Waals surface area (Å²) in [5.74, 6) is 0.696. The van der Waals surface area contributed by atoms with E-state index in [1.807, 2.05) is 26.8 Å². The Morgan fingerprint density at radius 3 is 2.21 bits per heavy atom. The van der Waals surface area contributed by atoms with Crippen LogP contribution in [-0.4, -0.2) is 33.7 Å². The molecule has 0 radical (unpaired) electrons. The van der Waals surface area contributed by atoms with Gasteiger partial charge in [-0.05, 0) is 79.6 Å².